The van der Waals surface area contributed by atoms with Gasteiger partial charge in [-0.15, -0.1) is 0 Å². The molecule has 0 spiro atoms. The van der Waals surface area contributed by atoms with Crippen molar-refractivity contribution in [2.45, 2.75) is 72.1 Å². The molecule has 0 unspecified atom stereocenters. The smallest absolute Gasteiger partial charge is 0.248 e. The summed E-state index contributed by atoms with van der Waals surface area (Å²) in [5.41, 5.74) is -33.1. The summed E-state index contributed by atoms with van der Waals surface area (Å²) < 4.78 is 402. The second-order valence-corrected chi connectivity index (χ2v) is 14.9. The zero-order valence-electron chi connectivity index (χ0n) is 29.6. The van der Waals surface area contributed by atoms with Gasteiger partial charge in [0.2, 0.25) is 0 Å². The van der Waals surface area contributed by atoms with Gasteiger partial charge in [0.25, 0.3) is 0 Å². The largest absolute Gasteiger partial charge is 0.460 e. The van der Waals surface area contributed by atoms with Gasteiger partial charge in [0.15, 0.2) is 0 Å². The topological polar surface area (TPSA) is 49.4 Å². The fourth-order valence-electron chi connectivity index (χ4n) is 5.78. The van der Waals surface area contributed by atoms with Crippen LogP contribution in [0.25, 0.3) is 0 Å². The Labute approximate surface area is 359 Å². The minimum atomic E-state index is -7.57. The number of aliphatic imine (C=N–C) groups is 4. The highest BCUT2D eigenvalue weighted by molar-refractivity contribution is 9.12. The third-order valence-electron chi connectivity index (χ3n) is 8.99. The van der Waals surface area contributed by atoms with E-state index < -0.39 is 185 Å². The number of rotatable bonds is 8. The summed E-state index contributed by atoms with van der Waals surface area (Å²) in [6, 6.07) is 0. The van der Waals surface area contributed by atoms with Crippen LogP contribution in [0.5, 0.6) is 0 Å². The quantitative estimate of drug-likeness (QED) is 0.218. The number of nitrogens with zero attached hydrogens (tertiary/aromatic N) is 4. The van der Waals surface area contributed by atoms with Crippen molar-refractivity contribution >= 4 is 54.7 Å². The van der Waals surface area contributed by atoms with E-state index in [1.807, 2.05) is 0 Å². The van der Waals surface area contributed by atoms with Gasteiger partial charge in [0.05, 0.1) is 67.9 Å². The number of hydrogen-bond donors (Lipinski definition) is 0. The van der Waals surface area contributed by atoms with Crippen LogP contribution in [0.3, 0.4) is 0 Å². The van der Waals surface area contributed by atoms with Gasteiger partial charge in [-0.3, -0.25) is 0 Å². The molecule has 5 aliphatic heterocycles. The Morgan fingerprint density at radius 1 is 0.303 bits per heavy atom. The molecule has 66 heavy (non-hydrogen) atoms. The average Bonchev–Trinajstić information content (AvgIpc) is 3.92. The molecule has 5 rings (SSSR count). The molecule has 0 saturated carbocycles. The zero-order chi connectivity index (χ0) is 51.2. The fourth-order valence-corrected chi connectivity index (χ4v) is 6.79. The van der Waals surface area contributed by atoms with Gasteiger partial charge in [-0.25, -0.2) is 20.0 Å². The fraction of sp³-hybridized carbons (Fsp3) is 0.375. The van der Waals surface area contributed by atoms with Gasteiger partial charge in [-0.05, 0) is 68.3 Å². The molecular weight excluding hydrogens is 1130 g/mol. The van der Waals surface area contributed by atoms with E-state index in [0.29, 0.717) is 0 Å². The molecule has 0 aromatic heterocycles. The summed E-state index contributed by atoms with van der Waals surface area (Å²) in [5.74, 6) is -58.8. The predicted octanol–water partition coefficient (Wildman–Crippen LogP) is 13.8. The lowest BCUT2D eigenvalue weighted by atomic mass is 9.95. The van der Waals surface area contributed by atoms with E-state index in [9.17, 15) is 87.8 Å². The molecule has 0 aromatic rings. The maximum absolute atomic E-state index is 15.8. The van der Waals surface area contributed by atoms with Crippen LogP contribution in [0.1, 0.15) is 0 Å². The Morgan fingerprint density at radius 3 is 1.00 bits per heavy atom. The summed E-state index contributed by atoms with van der Waals surface area (Å²) in [5, 5.41) is 0. The van der Waals surface area contributed by atoms with Crippen molar-refractivity contribution in [3.8, 4) is 0 Å². The van der Waals surface area contributed by atoms with Crippen molar-refractivity contribution in [3.05, 3.63) is 90.5 Å². The molecular formula is C32H6Br2F28N4. The lowest BCUT2D eigenvalue weighted by molar-refractivity contribution is -0.343. The van der Waals surface area contributed by atoms with Crippen LogP contribution in [0.15, 0.2) is 110 Å². The van der Waals surface area contributed by atoms with E-state index in [2.05, 4.69) is 51.8 Å². The first-order valence-electron chi connectivity index (χ1n) is 15.9. The highest BCUT2D eigenvalue weighted by Crippen LogP contribution is 2.58. The molecule has 5 aliphatic rings. The molecule has 4 nitrogen and oxygen atoms in total. The Bertz CT molecular complexity index is 2540. The highest BCUT2D eigenvalue weighted by atomic mass is 79.9. The maximum atomic E-state index is 15.8. The predicted molar refractivity (Wildman–Crippen MR) is 174 cm³/mol. The lowest BCUT2D eigenvalue weighted by Crippen LogP contribution is -2.54. The average molecular weight is 1140 g/mol. The van der Waals surface area contributed by atoms with Crippen molar-refractivity contribution in [1.29, 1.82) is 0 Å². The van der Waals surface area contributed by atoms with Crippen LogP contribution in [0.4, 0.5) is 123 Å². The number of fused-ring (bicyclic) bond motifs is 4. The lowest BCUT2D eigenvalue weighted by Gasteiger charge is -2.31. The van der Waals surface area contributed by atoms with Gasteiger partial charge in [-0.1, -0.05) is 0 Å². The third kappa shape index (κ3) is 7.46. The summed E-state index contributed by atoms with van der Waals surface area (Å²) in [4.78, 5) is 10.6. The van der Waals surface area contributed by atoms with E-state index in [0.717, 1.165) is 0 Å². The first kappa shape index (κ1) is 52.6. The summed E-state index contributed by atoms with van der Waals surface area (Å²) in [7, 11) is 0. The molecule has 0 fully saturated rings. The van der Waals surface area contributed by atoms with E-state index in [-0.39, 0.29) is 0 Å². The molecule has 8 bridgehead atoms. The maximum Gasteiger partial charge on any atom is 0.460 e. The first-order chi connectivity index (χ1) is 29.2. The van der Waals surface area contributed by atoms with Crippen LogP contribution in [0.2, 0.25) is 0 Å². The second kappa shape index (κ2) is 15.0. The number of halogens is 30. The number of hydrogen-bond acceptors (Lipinski definition) is 4. The van der Waals surface area contributed by atoms with Crippen LogP contribution in [-0.4, -0.2) is 94.9 Å². The molecule has 0 saturated heterocycles. The van der Waals surface area contributed by atoms with E-state index in [1.54, 1.807) is 0 Å². The number of allylic oxidation sites excluding steroid dienone is 12. The van der Waals surface area contributed by atoms with Crippen molar-refractivity contribution in [2.75, 3.05) is 0 Å². The summed E-state index contributed by atoms with van der Waals surface area (Å²) in [6.45, 7) is 0. The van der Waals surface area contributed by atoms with Crippen molar-refractivity contribution in [3.63, 3.8) is 0 Å². The summed E-state index contributed by atoms with van der Waals surface area (Å²) >= 11 is 4.11. The zero-order valence-corrected chi connectivity index (χ0v) is 32.8. The minimum Gasteiger partial charge on any atom is -0.248 e. The molecule has 364 valence electrons. The van der Waals surface area contributed by atoms with Gasteiger partial charge >= 0.3 is 72.1 Å². The van der Waals surface area contributed by atoms with E-state index in [4.69, 9.17) is 0 Å². The normalized spacial score (nSPS) is 20.2. The SMILES string of the molecule is FC(F)(F)C(F)(F)C(F)(F)C1=C2C=CC(=N2)C(C(F)(F)C(F)(F)C(F)(F)F)=C2C=C(Br)C(=N2)C(C(F)(F)C(F)(F)C(F)(F)F)=C2C=CC(=N2)C(C(F)(F)C(F)(F)C(F)(F)F)=C2N=C1C=C2Br. The third-order valence-corrected chi connectivity index (χ3v) is 10.2. The monoisotopic (exact) mass is 1140 g/mol. The second-order valence-electron chi connectivity index (χ2n) is 13.2. The Hall–Kier alpha value is -4.40. The molecule has 34 heteroatoms. The molecule has 0 radical (unpaired) electrons. The van der Waals surface area contributed by atoms with Crippen molar-refractivity contribution in [1.82, 2.24) is 0 Å². The minimum absolute atomic E-state index is 0.530. The summed E-state index contributed by atoms with van der Waals surface area (Å²) in [6.07, 6.45) is -33.2. The molecule has 0 N–H and O–H groups in total. The van der Waals surface area contributed by atoms with Gasteiger partial charge in [0.1, 0.15) is 0 Å². The van der Waals surface area contributed by atoms with Crippen LogP contribution in [0, 0.1) is 0 Å². The number of alkyl halides is 28. The highest BCUT2D eigenvalue weighted by Gasteiger charge is 2.79. The first-order valence-corrected chi connectivity index (χ1v) is 17.5. The Kier molecular flexibility index (Phi) is 12.0. The standard InChI is InChI=1S/C32H6Br2F28N4/c33-7-5-13-15(21(35,36)25(43,44)29(51,52)53)9-1-2-10(63-9)16(22(37,38)26(45,46)30(54,55)56)14-6-8(34)20(66-14)18(24(41,42)28(49,50)32(60,61)62)12-4-3-11(64-12)17(19(7)65-13)23(39,40)27(47,48)31(57,58)59/h1-6H. The Balaban J connectivity index is 2.15. The van der Waals surface area contributed by atoms with Crippen LogP contribution < -0.4 is 0 Å². The molecule has 0 aliphatic carbocycles. The molecule has 5 heterocycles. The van der Waals surface area contributed by atoms with Crippen LogP contribution in [-0.2, 0) is 0 Å². The van der Waals surface area contributed by atoms with Gasteiger partial charge in [0, 0.05) is 8.96 Å². The molecule has 0 atom stereocenters. The van der Waals surface area contributed by atoms with Gasteiger partial charge < -0.3 is 0 Å². The Morgan fingerprint density at radius 2 is 0.621 bits per heavy atom. The van der Waals surface area contributed by atoms with Crippen LogP contribution >= 0.6 is 31.9 Å². The molecule has 0 amide bonds. The van der Waals surface area contributed by atoms with Crippen molar-refractivity contribution in [2.24, 2.45) is 20.0 Å². The van der Waals surface area contributed by atoms with Crippen molar-refractivity contribution < 1.29 is 123 Å². The van der Waals surface area contributed by atoms with Gasteiger partial charge in [-0.2, -0.15) is 123 Å². The molecule has 0 aromatic carbocycles. The van der Waals surface area contributed by atoms with E-state index >= 15 is 35.1 Å². The van der Waals surface area contributed by atoms with E-state index in [1.165, 1.54) is 0 Å².